The minimum atomic E-state index is -0.563. The summed E-state index contributed by atoms with van der Waals surface area (Å²) in [5.41, 5.74) is 3.11. The quantitative estimate of drug-likeness (QED) is 0.177. The van der Waals surface area contributed by atoms with Gasteiger partial charge in [-0.15, -0.1) is 5.10 Å². The zero-order valence-corrected chi connectivity index (χ0v) is 25.6. The third-order valence-corrected chi connectivity index (χ3v) is 9.02. The second kappa shape index (κ2) is 11.3. The van der Waals surface area contributed by atoms with Crippen molar-refractivity contribution in [3.63, 3.8) is 0 Å². The highest BCUT2D eigenvalue weighted by molar-refractivity contribution is 5.79. The van der Waals surface area contributed by atoms with Gasteiger partial charge < -0.3 is 37.6 Å². The molecule has 2 aromatic heterocycles. The largest absolute Gasteiger partial charge is 0.493 e. The lowest BCUT2D eigenvalue weighted by Gasteiger charge is -2.39. The molecule has 0 saturated carbocycles. The predicted molar refractivity (Wildman–Crippen MR) is 163 cm³/mol. The van der Waals surface area contributed by atoms with Crippen LogP contribution < -0.4 is 34.0 Å². The highest BCUT2D eigenvalue weighted by Crippen LogP contribution is 2.56. The van der Waals surface area contributed by atoms with E-state index < -0.39 is 23.5 Å². The van der Waals surface area contributed by atoms with Gasteiger partial charge in [0.05, 0.1) is 46.1 Å². The number of carbonyl (C=O) groups is 1. The lowest BCUT2D eigenvalue weighted by molar-refractivity contribution is -0.141. The molecule has 1 aliphatic carbocycles. The van der Waals surface area contributed by atoms with Crippen LogP contribution in [0.3, 0.4) is 0 Å². The molecule has 0 N–H and O–H groups in total. The van der Waals surface area contributed by atoms with E-state index in [-0.39, 0.29) is 31.9 Å². The van der Waals surface area contributed by atoms with Crippen molar-refractivity contribution in [2.45, 2.75) is 18.6 Å². The number of hydrogen-bond acceptors (Lipinski definition) is 12. The second-order valence-corrected chi connectivity index (χ2v) is 11.5. The van der Waals surface area contributed by atoms with Gasteiger partial charge in [0.15, 0.2) is 23.0 Å². The molecule has 5 aromatic rings. The Morgan fingerprint density at radius 1 is 0.872 bits per heavy atom. The van der Waals surface area contributed by atoms with E-state index in [0.717, 1.165) is 22.1 Å². The monoisotopic (exact) mass is 639 g/mol. The molecule has 0 unspecified atom stereocenters. The summed E-state index contributed by atoms with van der Waals surface area (Å²) in [6.07, 6.45) is 1.81. The lowest BCUT2D eigenvalue weighted by Crippen LogP contribution is -2.37. The average molecular weight is 640 g/mol. The standard InChI is InChI=1S/C34H29N3O10/c1-40-27-8-18(9-28(41-2)33(27)42-3)30-21-11-25-26(46-16-45-25)12-22(21)32(23-15-44-34(39)31(23)30)37-13-19(35-36-37)14-43-20-6-4-17-5-7-29(38)47-24(17)10-20/h4-13,23,30-32H,14-16H2,1-3H3/t23-,30+,31-,32-/m0/s1. The molecule has 1 saturated heterocycles. The summed E-state index contributed by atoms with van der Waals surface area (Å²) in [5.74, 6) is 1.51. The van der Waals surface area contributed by atoms with Crippen molar-refractivity contribution in [2.75, 3.05) is 34.7 Å². The van der Waals surface area contributed by atoms with E-state index in [4.69, 9.17) is 37.6 Å². The third-order valence-electron chi connectivity index (χ3n) is 9.02. The van der Waals surface area contributed by atoms with Crippen LogP contribution in [0, 0.1) is 11.8 Å². The van der Waals surface area contributed by atoms with Gasteiger partial charge >= 0.3 is 11.6 Å². The van der Waals surface area contributed by atoms with Gasteiger partial charge in [0.25, 0.3) is 0 Å². The number of nitrogens with zero attached hydrogens (tertiary/aromatic N) is 3. The fraction of sp³-hybridized carbons (Fsp3) is 0.294. The highest BCUT2D eigenvalue weighted by atomic mass is 16.7. The lowest BCUT2D eigenvalue weighted by atomic mass is 9.65. The molecule has 240 valence electrons. The first-order valence-electron chi connectivity index (χ1n) is 14.9. The zero-order valence-electron chi connectivity index (χ0n) is 25.6. The van der Waals surface area contributed by atoms with Gasteiger partial charge in [0.1, 0.15) is 23.6 Å². The number of benzene rings is 3. The number of carbonyl (C=O) groups excluding carboxylic acids is 1. The number of esters is 1. The van der Waals surface area contributed by atoms with E-state index in [1.54, 1.807) is 50.4 Å². The fourth-order valence-electron chi connectivity index (χ4n) is 6.96. The number of cyclic esters (lactones) is 1. The van der Waals surface area contributed by atoms with Crippen LogP contribution in [-0.2, 0) is 16.1 Å². The Balaban J connectivity index is 1.19. The molecule has 0 amide bonds. The molecule has 0 bridgehead atoms. The Hall–Kier alpha value is -5.72. The summed E-state index contributed by atoms with van der Waals surface area (Å²) in [4.78, 5) is 25.2. The van der Waals surface area contributed by atoms with Crippen molar-refractivity contribution in [3.8, 4) is 34.5 Å². The smallest absolute Gasteiger partial charge is 0.336 e. The molecule has 4 heterocycles. The van der Waals surface area contributed by atoms with Crippen LogP contribution >= 0.6 is 0 Å². The van der Waals surface area contributed by atoms with Crippen LogP contribution in [0.1, 0.15) is 34.3 Å². The van der Waals surface area contributed by atoms with Gasteiger partial charge in [-0.1, -0.05) is 5.21 Å². The maximum absolute atomic E-state index is 13.6. The van der Waals surface area contributed by atoms with E-state index in [1.165, 1.54) is 6.07 Å². The Morgan fingerprint density at radius 2 is 1.62 bits per heavy atom. The van der Waals surface area contributed by atoms with Gasteiger partial charge in [0.2, 0.25) is 12.5 Å². The molecule has 0 spiro atoms. The summed E-state index contributed by atoms with van der Waals surface area (Å²) in [6.45, 7) is 0.396. The molecular weight excluding hydrogens is 610 g/mol. The predicted octanol–water partition coefficient (Wildman–Crippen LogP) is 4.24. The topological polar surface area (TPSA) is 143 Å². The summed E-state index contributed by atoms with van der Waals surface area (Å²) in [7, 11) is 4.66. The average Bonchev–Trinajstić information content (AvgIpc) is 3.85. The van der Waals surface area contributed by atoms with Crippen LogP contribution in [0.25, 0.3) is 11.0 Å². The van der Waals surface area contributed by atoms with E-state index in [0.29, 0.717) is 45.8 Å². The number of aromatic nitrogens is 3. The van der Waals surface area contributed by atoms with Crippen molar-refractivity contribution < 1.29 is 42.4 Å². The summed E-state index contributed by atoms with van der Waals surface area (Å²) < 4.78 is 47.2. The molecule has 2 aliphatic heterocycles. The first-order chi connectivity index (χ1) is 22.9. The molecule has 47 heavy (non-hydrogen) atoms. The maximum Gasteiger partial charge on any atom is 0.336 e. The third kappa shape index (κ3) is 4.77. The Bertz CT molecular complexity index is 2060. The highest BCUT2D eigenvalue weighted by Gasteiger charge is 2.53. The van der Waals surface area contributed by atoms with Crippen LogP contribution in [-0.4, -0.2) is 55.7 Å². The van der Waals surface area contributed by atoms with Crippen molar-refractivity contribution >= 4 is 16.9 Å². The second-order valence-electron chi connectivity index (χ2n) is 11.5. The van der Waals surface area contributed by atoms with E-state index in [9.17, 15) is 9.59 Å². The molecule has 4 atom stereocenters. The Morgan fingerprint density at radius 3 is 2.36 bits per heavy atom. The Labute approximate surface area is 267 Å². The van der Waals surface area contributed by atoms with Crippen LogP contribution in [0.4, 0.5) is 0 Å². The van der Waals surface area contributed by atoms with Gasteiger partial charge in [-0.25, -0.2) is 9.48 Å². The van der Waals surface area contributed by atoms with Crippen LogP contribution in [0.2, 0.25) is 0 Å². The van der Waals surface area contributed by atoms with Gasteiger partial charge in [-0.2, -0.15) is 0 Å². The van der Waals surface area contributed by atoms with E-state index >= 15 is 0 Å². The van der Waals surface area contributed by atoms with Gasteiger partial charge in [-0.05, 0) is 59.2 Å². The zero-order chi connectivity index (χ0) is 32.2. The van der Waals surface area contributed by atoms with Crippen molar-refractivity contribution in [1.29, 1.82) is 0 Å². The van der Waals surface area contributed by atoms with Crippen molar-refractivity contribution in [2.24, 2.45) is 11.8 Å². The van der Waals surface area contributed by atoms with Gasteiger partial charge in [-0.3, -0.25) is 4.79 Å². The van der Waals surface area contributed by atoms with Crippen molar-refractivity contribution in [1.82, 2.24) is 15.0 Å². The van der Waals surface area contributed by atoms with E-state index in [2.05, 4.69) is 10.3 Å². The minimum absolute atomic E-state index is 0.0929. The first-order valence-corrected chi connectivity index (χ1v) is 14.9. The van der Waals surface area contributed by atoms with Crippen LogP contribution in [0.15, 0.2) is 70.0 Å². The van der Waals surface area contributed by atoms with E-state index in [1.807, 2.05) is 30.3 Å². The summed E-state index contributed by atoms with van der Waals surface area (Å²) >= 11 is 0. The number of ether oxygens (including phenoxy) is 7. The number of hydrogen-bond donors (Lipinski definition) is 0. The maximum atomic E-state index is 13.6. The molecule has 3 aromatic carbocycles. The number of methoxy groups -OCH3 is 3. The molecule has 0 radical (unpaired) electrons. The summed E-state index contributed by atoms with van der Waals surface area (Å²) in [6, 6.07) is 15.5. The number of rotatable bonds is 8. The van der Waals surface area contributed by atoms with Crippen LogP contribution in [0.5, 0.6) is 34.5 Å². The van der Waals surface area contributed by atoms with Gasteiger partial charge in [0, 0.05) is 29.4 Å². The molecule has 1 fully saturated rings. The normalized spacial score (nSPS) is 20.8. The molecule has 13 heteroatoms. The fourth-order valence-corrected chi connectivity index (χ4v) is 6.96. The molecule has 3 aliphatic rings. The SMILES string of the molecule is COc1cc([C@@H]2c3cc4c(cc3[C@H](n3cc(COc5ccc6ccc(=O)oc6c5)nn3)[C@H]3COC(=O)[C@H]23)OCO4)cc(OC)c1OC. The Kier molecular flexibility index (Phi) is 6.89. The minimum Gasteiger partial charge on any atom is -0.493 e. The molecule has 13 nitrogen and oxygen atoms in total. The number of fused-ring (bicyclic) bond motifs is 4. The first kappa shape index (κ1) is 28.7. The summed E-state index contributed by atoms with van der Waals surface area (Å²) in [5, 5.41) is 9.67. The van der Waals surface area contributed by atoms with Crippen molar-refractivity contribution in [3.05, 3.63) is 93.6 Å². The molecule has 8 rings (SSSR count). The molecular formula is C34H29N3O10.